The van der Waals surface area contributed by atoms with Crippen LogP contribution >= 0.6 is 0 Å². The standard InChI is InChI=1S/C11H13N3O6S/c12-21(19,20)8-1-2-9(10(5-8)14(17)18)13-4-3-7(6-13)11(15)16/h1-2,5,7H,3-4,6H2,(H,15,16)(H2,12,19,20). The molecule has 0 aliphatic carbocycles. The summed E-state index contributed by atoms with van der Waals surface area (Å²) in [6, 6.07) is 3.34. The van der Waals surface area contributed by atoms with Gasteiger partial charge in [0.15, 0.2) is 0 Å². The van der Waals surface area contributed by atoms with E-state index in [1.165, 1.54) is 12.1 Å². The maximum Gasteiger partial charge on any atom is 0.308 e. The highest BCUT2D eigenvalue weighted by Gasteiger charge is 2.32. The van der Waals surface area contributed by atoms with Gasteiger partial charge in [0.1, 0.15) is 5.69 Å². The predicted molar refractivity (Wildman–Crippen MR) is 72.4 cm³/mol. The summed E-state index contributed by atoms with van der Waals surface area (Å²) < 4.78 is 22.5. The summed E-state index contributed by atoms with van der Waals surface area (Å²) >= 11 is 0. The van der Waals surface area contributed by atoms with Crippen molar-refractivity contribution in [3.63, 3.8) is 0 Å². The molecule has 9 nitrogen and oxygen atoms in total. The van der Waals surface area contributed by atoms with Crippen molar-refractivity contribution in [3.8, 4) is 0 Å². The third-order valence-electron chi connectivity index (χ3n) is 3.35. The SMILES string of the molecule is NS(=O)(=O)c1ccc(N2CCC(C(=O)O)C2)c([N+](=O)[O-])c1. The van der Waals surface area contributed by atoms with Gasteiger partial charge in [0, 0.05) is 19.2 Å². The first-order chi connectivity index (χ1) is 9.70. The molecule has 1 fully saturated rings. The molecule has 1 unspecified atom stereocenters. The van der Waals surface area contributed by atoms with E-state index >= 15 is 0 Å². The van der Waals surface area contributed by atoms with Crippen molar-refractivity contribution < 1.29 is 23.2 Å². The van der Waals surface area contributed by atoms with Crippen LogP contribution in [0.5, 0.6) is 0 Å². The second-order valence-corrected chi connectivity index (χ2v) is 6.28. The Kier molecular flexibility index (Phi) is 3.83. The minimum absolute atomic E-state index is 0.144. The van der Waals surface area contributed by atoms with Crippen LogP contribution in [0.15, 0.2) is 23.1 Å². The lowest BCUT2D eigenvalue weighted by Crippen LogP contribution is -2.23. The van der Waals surface area contributed by atoms with Crippen LogP contribution in [0.1, 0.15) is 6.42 Å². The molecular formula is C11H13N3O6S. The molecule has 10 heteroatoms. The highest BCUT2D eigenvalue weighted by molar-refractivity contribution is 7.89. The average molecular weight is 315 g/mol. The molecule has 1 atom stereocenters. The van der Waals surface area contributed by atoms with Gasteiger partial charge in [-0.1, -0.05) is 0 Å². The molecule has 0 aromatic heterocycles. The molecule has 1 aromatic carbocycles. The van der Waals surface area contributed by atoms with Gasteiger partial charge in [0.05, 0.1) is 15.7 Å². The van der Waals surface area contributed by atoms with Crippen molar-refractivity contribution in [2.75, 3.05) is 18.0 Å². The molecule has 0 radical (unpaired) electrons. The number of anilines is 1. The highest BCUT2D eigenvalue weighted by Crippen LogP contribution is 2.33. The van der Waals surface area contributed by atoms with Crippen LogP contribution in [-0.2, 0) is 14.8 Å². The number of hydrogen-bond acceptors (Lipinski definition) is 6. The number of nitro groups is 1. The molecular weight excluding hydrogens is 302 g/mol. The van der Waals surface area contributed by atoms with Crippen LogP contribution < -0.4 is 10.0 Å². The normalized spacial score (nSPS) is 18.7. The van der Waals surface area contributed by atoms with E-state index in [0.29, 0.717) is 13.0 Å². The Labute approximate surface area is 120 Å². The Morgan fingerprint density at radius 2 is 2.14 bits per heavy atom. The van der Waals surface area contributed by atoms with Crippen molar-refractivity contribution in [2.45, 2.75) is 11.3 Å². The number of carbonyl (C=O) groups is 1. The van der Waals surface area contributed by atoms with Crippen LogP contribution in [0.25, 0.3) is 0 Å². The van der Waals surface area contributed by atoms with Crippen molar-refractivity contribution >= 4 is 27.4 Å². The maximum atomic E-state index is 11.2. The molecule has 21 heavy (non-hydrogen) atoms. The number of carboxylic acids is 1. The number of nitrogens with two attached hydrogens (primary N) is 1. The lowest BCUT2D eigenvalue weighted by molar-refractivity contribution is -0.384. The molecule has 114 valence electrons. The van der Waals surface area contributed by atoms with Crippen LogP contribution in [0, 0.1) is 16.0 Å². The summed E-state index contributed by atoms with van der Waals surface area (Å²) in [7, 11) is -4.04. The lowest BCUT2D eigenvalue weighted by atomic mass is 10.1. The minimum Gasteiger partial charge on any atom is -0.481 e. The number of nitro benzene ring substituents is 1. The Balaban J connectivity index is 2.41. The number of primary sulfonamides is 1. The Morgan fingerprint density at radius 3 is 2.62 bits per heavy atom. The zero-order valence-electron chi connectivity index (χ0n) is 10.8. The number of benzene rings is 1. The van der Waals surface area contributed by atoms with Crippen LogP contribution in [0.3, 0.4) is 0 Å². The van der Waals surface area contributed by atoms with E-state index in [1.807, 2.05) is 0 Å². The van der Waals surface area contributed by atoms with Gasteiger partial charge in [-0.3, -0.25) is 14.9 Å². The van der Waals surface area contributed by atoms with Gasteiger partial charge in [0.2, 0.25) is 10.0 Å². The summed E-state index contributed by atoms with van der Waals surface area (Å²) in [5, 5.41) is 25.0. The summed E-state index contributed by atoms with van der Waals surface area (Å²) in [5.74, 6) is -1.55. The zero-order chi connectivity index (χ0) is 15.8. The molecule has 3 N–H and O–H groups in total. The smallest absolute Gasteiger partial charge is 0.308 e. The van der Waals surface area contributed by atoms with Gasteiger partial charge in [-0.05, 0) is 18.6 Å². The van der Waals surface area contributed by atoms with Gasteiger partial charge >= 0.3 is 5.97 Å². The number of carboxylic acid groups (broad SMARTS) is 1. The van der Waals surface area contributed by atoms with Gasteiger partial charge in [-0.25, -0.2) is 13.6 Å². The fourth-order valence-corrected chi connectivity index (χ4v) is 2.81. The van der Waals surface area contributed by atoms with Gasteiger partial charge in [-0.2, -0.15) is 0 Å². The Hall–Kier alpha value is -2.20. The quantitative estimate of drug-likeness (QED) is 0.594. The third-order valence-corrected chi connectivity index (χ3v) is 4.26. The average Bonchev–Trinajstić information content (AvgIpc) is 2.86. The summed E-state index contributed by atoms with van der Waals surface area (Å²) in [5.41, 5.74) is -0.219. The van der Waals surface area contributed by atoms with E-state index in [-0.39, 0.29) is 17.1 Å². The Morgan fingerprint density at radius 1 is 1.48 bits per heavy atom. The number of nitrogens with zero attached hydrogens (tertiary/aromatic N) is 2. The third kappa shape index (κ3) is 3.11. The molecule has 2 rings (SSSR count). The molecule has 1 saturated heterocycles. The first kappa shape index (κ1) is 15.2. The van der Waals surface area contributed by atoms with Crippen LogP contribution in [-0.4, -0.2) is 37.5 Å². The number of hydrogen-bond donors (Lipinski definition) is 2. The summed E-state index contributed by atoms with van der Waals surface area (Å²) in [6.45, 7) is 0.497. The molecule has 1 aliphatic heterocycles. The number of rotatable bonds is 4. The largest absolute Gasteiger partial charge is 0.481 e. The first-order valence-corrected chi connectivity index (χ1v) is 7.54. The molecule has 0 saturated carbocycles. The number of sulfonamides is 1. The lowest BCUT2D eigenvalue weighted by Gasteiger charge is -2.18. The van der Waals surface area contributed by atoms with E-state index in [2.05, 4.69) is 0 Å². The molecule has 1 aromatic rings. The van der Waals surface area contributed by atoms with Gasteiger partial charge < -0.3 is 10.0 Å². The highest BCUT2D eigenvalue weighted by atomic mass is 32.2. The number of aliphatic carboxylic acids is 1. The van der Waals surface area contributed by atoms with E-state index in [9.17, 15) is 23.3 Å². The van der Waals surface area contributed by atoms with Crippen molar-refractivity contribution in [3.05, 3.63) is 28.3 Å². The minimum atomic E-state index is -4.04. The van der Waals surface area contributed by atoms with Crippen molar-refractivity contribution in [2.24, 2.45) is 11.1 Å². The Bertz CT molecular complexity index is 702. The van der Waals surface area contributed by atoms with E-state index in [4.69, 9.17) is 10.2 Å². The van der Waals surface area contributed by atoms with Crippen molar-refractivity contribution in [1.82, 2.24) is 0 Å². The first-order valence-electron chi connectivity index (χ1n) is 5.99. The fraction of sp³-hybridized carbons (Fsp3) is 0.364. The van der Waals surface area contributed by atoms with E-state index < -0.39 is 32.5 Å². The van der Waals surface area contributed by atoms with E-state index in [0.717, 1.165) is 6.07 Å². The second-order valence-electron chi connectivity index (χ2n) is 4.72. The summed E-state index contributed by atoms with van der Waals surface area (Å²) in [6.07, 6.45) is 0.378. The van der Waals surface area contributed by atoms with E-state index in [1.54, 1.807) is 4.90 Å². The molecule has 0 spiro atoms. The van der Waals surface area contributed by atoms with Crippen molar-refractivity contribution in [1.29, 1.82) is 0 Å². The van der Waals surface area contributed by atoms with Gasteiger partial charge in [0.25, 0.3) is 5.69 Å². The second kappa shape index (κ2) is 5.30. The molecule has 0 amide bonds. The molecule has 1 heterocycles. The van der Waals surface area contributed by atoms with Crippen LogP contribution in [0.4, 0.5) is 11.4 Å². The maximum absolute atomic E-state index is 11.2. The fourth-order valence-electron chi connectivity index (χ4n) is 2.27. The topological polar surface area (TPSA) is 144 Å². The monoisotopic (exact) mass is 315 g/mol. The predicted octanol–water partition coefficient (Wildman–Crippen LogP) is 0.153. The van der Waals surface area contributed by atoms with Gasteiger partial charge in [-0.15, -0.1) is 0 Å². The molecule has 1 aliphatic rings. The van der Waals surface area contributed by atoms with Crippen LogP contribution in [0.2, 0.25) is 0 Å². The summed E-state index contributed by atoms with van der Waals surface area (Å²) in [4.78, 5) is 22.5. The molecule has 0 bridgehead atoms. The zero-order valence-corrected chi connectivity index (χ0v) is 11.6.